The molecule has 0 aromatic heterocycles. The summed E-state index contributed by atoms with van der Waals surface area (Å²) in [6, 6.07) is 8.43. The Labute approximate surface area is 140 Å². The van der Waals surface area contributed by atoms with E-state index < -0.39 is 0 Å². The molecule has 0 spiro atoms. The van der Waals surface area contributed by atoms with Crippen LogP contribution in [0.5, 0.6) is 0 Å². The van der Waals surface area contributed by atoms with Gasteiger partial charge in [0.05, 0.1) is 6.04 Å². The second-order valence-corrected chi connectivity index (χ2v) is 7.19. The van der Waals surface area contributed by atoms with Gasteiger partial charge in [0.2, 0.25) is 5.91 Å². The molecule has 4 nitrogen and oxygen atoms in total. The number of amides is 1. The molecule has 3 rings (SSSR count). The number of hydrogen-bond donors (Lipinski definition) is 2. The first-order valence-corrected chi connectivity index (χ1v) is 8.84. The highest BCUT2D eigenvalue weighted by molar-refractivity contribution is 9.10. The van der Waals surface area contributed by atoms with Gasteiger partial charge in [0.15, 0.2) is 0 Å². The van der Waals surface area contributed by atoms with Crippen molar-refractivity contribution in [1.82, 2.24) is 10.6 Å². The van der Waals surface area contributed by atoms with E-state index in [0.29, 0.717) is 6.54 Å². The maximum atomic E-state index is 12.3. The summed E-state index contributed by atoms with van der Waals surface area (Å²) in [4.78, 5) is 12.3. The Morgan fingerprint density at radius 3 is 2.91 bits per heavy atom. The Balaban J connectivity index is 1.73. The molecule has 120 valence electrons. The average Bonchev–Trinajstić information content (AvgIpc) is 3.08. The first kappa shape index (κ1) is 16.0. The molecule has 0 bridgehead atoms. The van der Waals surface area contributed by atoms with Gasteiger partial charge >= 0.3 is 0 Å². The van der Waals surface area contributed by atoms with Crippen LogP contribution in [-0.4, -0.2) is 38.3 Å². The molecule has 5 heteroatoms. The number of halogens is 1. The molecule has 0 radical (unpaired) electrons. The summed E-state index contributed by atoms with van der Waals surface area (Å²) in [5.74, 6) is 0.137. The van der Waals surface area contributed by atoms with Crippen LogP contribution in [0.1, 0.15) is 31.2 Å². The maximum absolute atomic E-state index is 12.3. The van der Waals surface area contributed by atoms with Crippen LogP contribution >= 0.6 is 15.9 Å². The molecular formula is C17H23BrN2O2. The smallest absolute Gasteiger partial charge is 0.237 e. The normalized spacial score (nSPS) is 24.1. The maximum Gasteiger partial charge on any atom is 0.237 e. The van der Waals surface area contributed by atoms with Crippen LogP contribution in [-0.2, 0) is 14.9 Å². The standard InChI is InChI=1S/C17H23BrN2O2/c18-14-4-1-3-13(11-14)17(6-9-22-10-7-17)12-20-16(21)15-5-2-8-19-15/h1,3-4,11,15,19H,2,5-10,12H2,(H,20,21). The van der Waals surface area contributed by atoms with Crippen molar-refractivity contribution >= 4 is 21.8 Å². The highest BCUT2D eigenvalue weighted by atomic mass is 79.9. The van der Waals surface area contributed by atoms with Crippen LogP contribution in [0.4, 0.5) is 0 Å². The van der Waals surface area contributed by atoms with Crippen LogP contribution in [0.2, 0.25) is 0 Å². The monoisotopic (exact) mass is 366 g/mol. The summed E-state index contributed by atoms with van der Waals surface area (Å²) in [5.41, 5.74) is 1.26. The molecule has 22 heavy (non-hydrogen) atoms. The second kappa shape index (κ2) is 7.11. The van der Waals surface area contributed by atoms with E-state index in [1.54, 1.807) is 0 Å². The van der Waals surface area contributed by atoms with Crippen LogP contribution in [0.3, 0.4) is 0 Å². The van der Waals surface area contributed by atoms with Gasteiger partial charge in [-0.15, -0.1) is 0 Å². The Kier molecular flexibility index (Phi) is 5.16. The van der Waals surface area contributed by atoms with Gasteiger partial charge in [0.1, 0.15) is 0 Å². The SMILES string of the molecule is O=C(NCC1(c2cccc(Br)c2)CCOCC1)C1CCCN1. The zero-order chi connectivity index (χ0) is 15.4. The van der Waals surface area contributed by atoms with Crippen LogP contribution < -0.4 is 10.6 Å². The average molecular weight is 367 g/mol. The molecule has 2 fully saturated rings. The van der Waals surface area contributed by atoms with Crippen LogP contribution in [0, 0.1) is 0 Å². The van der Waals surface area contributed by atoms with Crippen molar-refractivity contribution in [2.24, 2.45) is 0 Å². The minimum absolute atomic E-state index is 0.0144. The molecule has 0 saturated carbocycles. The number of carbonyl (C=O) groups excluding carboxylic acids is 1. The first-order valence-electron chi connectivity index (χ1n) is 8.05. The van der Waals surface area contributed by atoms with E-state index in [0.717, 1.165) is 49.9 Å². The van der Waals surface area contributed by atoms with Crippen molar-refractivity contribution < 1.29 is 9.53 Å². The number of ether oxygens (including phenoxy) is 1. The van der Waals surface area contributed by atoms with E-state index in [4.69, 9.17) is 4.74 Å². The van der Waals surface area contributed by atoms with Gasteiger partial charge in [-0.25, -0.2) is 0 Å². The second-order valence-electron chi connectivity index (χ2n) is 6.27. The van der Waals surface area contributed by atoms with Crippen molar-refractivity contribution in [3.05, 3.63) is 34.3 Å². The Hall–Kier alpha value is -0.910. The third-order valence-corrected chi connectivity index (χ3v) is 5.36. The fourth-order valence-electron chi connectivity index (χ4n) is 3.44. The predicted molar refractivity (Wildman–Crippen MR) is 89.9 cm³/mol. The predicted octanol–water partition coefficient (Wildman–Crippen LogP) is 2.37. The molecule has 1 aromatic rings. The van der Waals surface area contributed by atoms with Gasteiger partial charge in [0, 0.05) is 29.6 Å². The summed E-state index contributed by atoms with van der Waals surface area (Å²) in [7, 11) is 0. The number of carbonyl (C=O) groups is 1. The minimum atomic E-state index is -0.0176. The first-order chi connectivity index (χ1) is 10.7. The molecular weight excluding hydrogens is 344 g/mol. The lowest BCUT2D eigenvalue weighted by Crippen LogP contribution is -2.48. The molecule has 1 atom stereocenters. The summed E-state index contributed by atoms with van der Waals surface area (Å²) >= 11 is 3.56. The Bertz CT molecular complexity index is 523. The van der Waals surface area contributed by atoms with Crippen molar-refractivity contribution in [2.45, 2.75) is 37.1 Å². The highest BCUT2D eigenvalue weighted by Crippen LogP contribution is 2.35. The van der Waals surface area contributed by atoms with Gasteiger partial charge < -0.3 is 15.4 Å². The van der Waals surface area contributed by atoms with Crippen LogP contribution in [0.25, 0.3) is 0 Å². The van der Waals surface area contributed by atoms with Crippen molar-refractivity contribution in [2.75, 3.05) is 26.3 Å². The number of benzene rings is 1. The third-order valence-electron chi connectivity index (χ3n) is 4.86. The molecule has 1 aromatic carbocycles. The zero-order valence-electron chi connectivity index (χ0n) is 12.7. The molecule has 2 heterocycles. The fourth-order valence-corrected chi connectivity index (χ4v) is 3.84. The van der Waals surface area contributed by atoms with Gasteiger partial charge in [-0.3, -0.25) is 4.79 Å². The summed E-state index contributed by atoms with van der Waals surface area (Å²) in [6.45, 7) is 3.14. The van der Waals surface area contributed by atoms with Crippen molar-refractivity contribution in [3.8, 4) is 0 Å². The quantitative estimate of drug-likeness (QED) is 0.859. The lowest BCUT2D eigenvalue weighted by atomic mass is 9.74. The lowest BCUT2D eigenvalue weighted by Gasteiger charge is -2.38. The molecule has 2 N–H and O–H groups in total. The molecule has 2 saturated heterocycles. The summed E-state index contributed by atoms with van der Waals surface area (Å²) in [5, 5.41) is 6.44. The van der Waals surface area contributed by atoms with Crippen molar-refractivity contribution in [3.63, 3.8) is 0 Å². The summed E-state index contributed by atoms with van der Waals surface area (Å²) < 4.78 is 6.63. The van der Waals surface area contributed by atoms with E-state index in [9.17, 15) is 4.79 Å². The fraction of sp³-hybridized carbons (Fsp3) is 0.588. The Morgan fingerprint density at radius 1 is 1.41 bits per heavy atom. The summed E-state index contributed by atoms with van der Waals surface area (Å²) in [6.07, 6.45) is 3.92. The highest BCUT2D eigenvalue weighted by Gasteiger charge is 2.35. The minimum Gasteiger partial charge on any atom is -0.381 e. The number of nitrogens with one attached hydrogen (secondary N) is 2. The van der Waals surface area contributed by atoms with Crippen molar-refractivity contribution in [1.29, 1.82) is 0 Å². The Morgan fingerprint density at radius 2 is 2.23 bits per heavy atom. The topological polar surface area (TPSA) is 50.4 Å². The van der Waals surface area contributed by atoms with E-state index in [1.807, 2.05) is 6.07 Å². The van der Waals surface area contributed by atoms with Gasteiger partial charge in [-0.1, -0.05) is 28.1 Å². The van der Waals surface area contributed by atoms with E-state index in [2.05, 4.69) is 44.8 Å². The molecule has 1 amide bonds. The molecule has 2 aliphatic rings. The number of hydrogen-bond acceptors (Lipinski definition) is 3. The van der Waals surface area contributed by atoms with Crippen LogP contribution in [0.15, 0.2) is 28.7 Å². The van der Waals surface area contributed by atoms with E-state index in [1.165, 1.54) is 5.56 Å². The lowest BCUT2D eigenvalue weighted by molar-refractivity contribution is -0.123. The van der Waals surface area contributed by atoms with Gasteiger partial charge in [-0.2, -0.15) is 0 Å². The zero-order valence-corrected chi connectivity index (χ0v) is 14.3. The molecule has 1 unspecified atom stereocenters. The van der Waals surface area contributed by atoms with Gasteiger partial charge in [0.25, 0.3) is 0 Å². The molecule has 0 aliphatic carbocycles. The number of rotatable bonds is 4. The van der Waals surface area contributed by atoms with E-state index in [-0.39, 0.29) is 17.4 Å². The van der Waals surface area contributed by atoms with Gasteiger partial charge in [-0.05, 0) is 49.9 Å². The third kappa shape index (κ3) is 3.53. The van der Waals surface area contributed by atoms with E-state index >= 15 is 0 Å². The largest absolute Gasteiger partial charge is 0.381 e. The molecule has 2 aliphatic heterocycles.